The summed E-state index contributed by atoms with van der Waals surface area (Å²) in [6.07, 6.45) is 0.950. The van der Waals surface area contributed by atoms with E-state index in [1.165, 1.54) is 0 Å². The third-order valence-corrected chi connectivity index (χ3v) is 3.26. The Morgan fingerprint density at radius 2 is 1.95 bits per heavy atom. The summed E-state index contributed by atoms with van der Waals surface area (Å²) >= 11 is 6.15. The topological polar surface area (TPSA) is 46.6 Å². The standard InChI is InChI=1S/C14H24ClN3O2/c1-16-11-13-12(15)5-6-14(17-13)18(8-10-20-3)7-4-9-19-2/h5-6,16H,4,7-11H2,1-3H3. The van der Waals surface area contributed by atoms with Crippen molar-refractivity contribution < 1.29 is 9.47 Å². The van der Waals surface area contributed by atoms with Gasteiger partial charge in [-0.25, -0.2) is 4.98 Å². The number of ether oxygens (including phenoxy) is 2. The molecule has 0 saturated carbocycles. The minimum absolute atomic E-state index is 0.656. The molecule has 6 heteroatoms. The van der Waals surface area contributed by atoms with Crippen LogP contribution in [0.1, 0.15) is 12.1 Å². The normalized spacial score (nSPS) is 10.8. The Morgan fingerprint density at radius 3 is 2.60 bits per heavy atom. The van der Waals surface area contributed by atoms with Gasteiger partial charge in [0.1, 0.15) is 5.82 Å². The quantitative estimate of drug-likeness (QED) is 0.669. The smallest absolute Gasteiger partial charge is 0.129 e. The molecule has 0 aromatic carbocycles. The van der Waals surface area contributed by atoms with E-state index in [1.807, 2.05) is 19.2 Å². The Hall–Kier alpha value is -0.880. The average Bonchev–Trinajstić information content (AvgIpc) is 2.45. The minimum Gasteiger partial charge on any atom is -0.385 e. The monoisotopic (exact) mass is 301 g/mol. The van der Waals surface area contributed by atoms with Gasteiger partial charge in [-0.15, -0.1) is 0 Å². The van der Waals surface area contributed by atoms with Gasteiger partial charge in [0.15, 0.2) is 0 Å². The number of pyridine rings is 1. The maximum absolute atomic E-state index is 6.15. The highest BCUT2D eigenvalue weighted by Crippen LogP contribution is 2.19. The van der Waals surface area contributed by atoms with Crippen molar-refractivity contribution in [3.05, 3.63) is 22.8 Å². The number of hydrogen-bond donors (Lipinski definition) is 1. The predicted octanol–water partition coefficient (Wildman–Crippen LogP) is 1.94. The Morgan fingerprint density at radius 1 is 1.20 bits per heavy atom. The average molecular weight is 302 g/mol. The van der Waals surface area contributed by atoms with E-state index in [2.05, 4.69) is 15.2 Å². The molecule has 0 fully saturated rings. The number of hydrogen-bond acceptors (Lipinski definition) is 5. The molecular weight excluding hydrogens is 278 g/mol. The largest absolute Gasteiger partial charge is 0.385 e. The fourth-order valence-corrected chi connectivity index (χ4v) is 2.05. The molecule has 0 bridgehead atoms. The molecule has 0 amide bonds. The maximum Gasteiger partial charge on any atom is 0.129 e. The molecule has 0 saturated heterocycles. The van der Waals surface area contributed by atoms with Gasteiger partial charge >= 0.3 is 0 Å². The Labute approximate surface area is 126 Å². The molecule has 0 radical (unpaired) electrons. The Balaban J connectivity index is 2.79. The summed E-state index contributed by atoms with van der Waals surface area (Å²) in [5.74, 6) is 0.924. The fraction of sp³-hybridized carbons (Fsp3) is 0.643. The van der Waals surface area contributed by atoms with Crippen LogP contribution in [0.5, 0.6) is 0 Å². The summed E-state index contributed by atoms with van der Waals surface area (Å²) in [6.45, 7) is 3.74. The van der Waals surface area contributed by atoms with Gasteiger partial charge in [0.05, 0.1) is 17.3 Å². The third kappa shape index (κ3) is 5.63. The number of rotatable bonds is 10. The minimum atomic E-state index is 0.656. The summed E-state index contributed by atoms with van der Waals surface area (Å²) < 4.78 is 10.3. The highest BCUT2D eigenvalue weighted by Gasteiger charge is 2.10. The van der Waals surface area contributed by atoms with Crippen LogP contribution in [0.15, 0.2) is 12.1 Å². The van der Waals surface area contributed by atoms with Crippen molar-refractivity contribution in [1.29, 1.82) is 0 Å². The van der Waals surface area contributed by atoms with Gasteiger partial charge in [0.2, 0.25) is 0 Å². The van der Waals surface area contributed by atoms with Crippen LogP contribution in [0.2, 0.25) is 5.02 Å². The van der Waals surface area contributed by atoms with E-state index < -0.39 is 0 Å². The van der Waals surface area contributed by atoms with E-state index in [0.29, 0.717) is 18.2 Å². The van der Waals surface area contributed by atoms with Gasteiger partial charge in [-0.3, -0.25) is 0 Å². The van der Waals surface area contributed by atoms with Crippen LogP contribution in [-0.4, -0.2) is 52.6 Å². The Bertz CT molecular complexity index is 391. The molecule has 0 aliphatic rings. The zero-order chi connectivity index (χ0) is 14.8. The van der Waals surface area contributed by atoms with Crippen LogP contribution in [-0.2, 0) is 16.0 Å². The molecular formula is C14H24ClN3O2. The van der Waals surface area contributed by atoms with Crippen molar-refractivity contribution in [3.8, 4) is 0 Å². The predicted molar refractivity (Wildman–Crippen MR) is 82.6 cm³/mol. The second-order valence-corrected chi connectivity index (χ2v) is 4.86. The molecule has 20 heavy (non-hydrogen) atoms. The third-order valence-electron chi connectivity index (χ3n) is 2.91. The van der Waals surface area contributed by atoms with Gasteiger partial charge in [0.25, 0.3) is 0 Å². The van der Waals surface area contributed by atoms with Gasteiger partial charge in [0, 0.05) is 40.5 Å². The van der Waals surface area contributed by atoms with E-state index in [-0.39, 0.29) is 0 Å². The highest BCUT2D eigenvalue weighted by molar-refractivity contribution is 6.31. The van der Waals surface area contributed by atoms with Crippen LogP contribution in [0.25, 0.3) is 0 Å². The molecule has 1 N–H and O–H groups in total. The van der Waals surface area contributed by atoms with E-state index in [4.69, 9.17) is 21.1 Å². The van der Waals surface area contributed by atoms with Gasteiger partial charge < -0.3 is 19.7 Å². The lowest BCUT2D eigenvalue weighted by molar-refractivity contribution is 0.191. The summed E-state index contributed by atoms with van der Waals surface area (Å²) in [4.78, 5) is 6.82. The number of anilines is 1. The molecule has 0 unspecified atom stereocenters. The van der Waals surface area contributed by atoms with Crippen LogP contribution in [0, 0.1) is 0 Å². The first-order valence-electron chi connectivity index (χ1n) is 6.75. The number of nitrogens with zero attached hydrogens (tertiary/aromatic N) is 2. The summed E-state index contributed by atoms with van der Waals surface area (Å²) in [5.41, 5.74) is 0.862. The van der Waals surface area contributed by atoms with Gasteiger partial charge in [-0.05, 0) is 25.6 Å². The van der Waals surface area contributed by atoms with Crippen molar-refractivity contribution in [3.63, 3.8) is 0 Å². The zero-order valence-corrected chi connectivity index (χ0v) is 13.2. The summed E-state index contributed by atoms with van der Waals surface area (Å²) in [6, 6.07) is 3.84. The van der Waals surface area contributed by atoms with Crippen molar-refractivity contribution in [1.82, 2.24) is 10.3 Å². The van der Waals surface area contributed by atoms with Crippen molar-refractivity contribution in [2.75, 3.05) is 52.5 Å². The van der Waals surface area contributed by atoms with Crippen LogP contribution >= 0.6 is 11.6 Å². The molecule has 0 aliphatic carbocycles. The van der Waals surface area contributed by atoms with Gasteiger partial charge in [-0.2, -0.15) is 0 Å². The highest BCUT2D eigenvalue weighted by atomic mass is 35.5. The van der Waals surface area contributed by atoms with Crippen molar-refractivity contribution in [2.24, 2.45) is 0 Å². The number of methoxy groups -OCH3 is 2. The molecule has 1 aromatic heterocycles. The van der Waals surface area contributed by atoms with E-state index in [0.717, 1.165) is 37.6 Å². The van der Waals surface area contributed by atoms with Crippen molar-refractivity contribution in [2.45, 2.75) is 13.0 Å². The number of nitrogens with one attached hydrogen (secondary N) is 1. The van der Waals surface area contributed by atoms with Crippen LogP contribution < -0.4 is 10.2 Å². The SMILES string of the molecule is CNCc1nc(N(CCCOC)CCOC)ccc1Cl. The summed E-state index contributed by atoms with van der Waals surface area (Å²) in [5, 5.41) is 3.76. The molecule has 1 rings (SSSR count). The van der Waals surface area contributed by atoms with E-state index in [1.54, 1.807) is 14.2 Å². The lowest BCUT2D eigenvalue weighted by Crippen LogP contribution is -2.30. The van der Waals surface area contributed by atoms with E-state index in [9.17, 15) is 0 Å². The first kappa shape index (κ1) is 17.2. The van der Waals surface area contributed by atoms with Gasteiger partial charge in [-0.1, -0.05) is 11.6 Å². The van der Waals surface area contributed by atoms with Crippen LogP contribution in [0.3, 0.4) is 0 Å². The first-order valence-corrected chi connectivity index (χ1v) is 7.13. The lowest BCUT2D eigenvalue weighted by Gasteiger charge is -2.24. The molecule has 1 aromatic rings. The number of halogens is 1. The van der Waals surface area contributed by atoms with Crippen LogP contribution in [0.4, 0.5) is 5.82 Å². The molecule has 0 atom stereocenters. The second-order valence-electron chi connectivity index (χ2n) is 4.45. The zero-order valence-electron chi connectivity index (χ0n) is 12.5. The lowest BCUT2D eigenvalue weighted by atomic mass is 10.3. The van der Waals surface area contributed by atoms with E-state index >= 15 is 0 Å². The molecule has 1 heterocycles. The molecule has 0 aliphatic heterocycles. The fourth-order valence-electron chi connectivity index (χ4n) is 1.88. The molecule has 0 spiro atoms. The molecule has 114 valence electrons. The van der Waals surface area contributed by atoms with Crippen molar-refractivity contribution >= 4 is 17.4 Å². The maximum atomic E-state index is 6.15. The molecule has 5 nitrogen and oxygen atoms in total. The number of aromatic nitrogens is 1. The second kappa shape index (κ2) is 9.94. The summed E-state index contributed by atoms with van der Waals surface area (Å²) in [7, 11) is 5.30. The Kier molecular flexibility index (Phi) is 8.53. The first-order chi connectivity index (χ1) is 9.72.